The summed E-state index contributed by atoms with van der Waals surface area (Å²) in [6, 6.07) is 8.83. The molecule has 0 radical (unpaired) electrons. The van der Waals surface area contributed by atoms with Gasteiger partial charge in [0, 0.05) is 18.7 Å². The molecule has 7 nitrogen and oxygen atoms in total. The van der Waals surface area contributed by atoms with Gasteiger partial charge in [-0.2, -0.15) is 5.26 Å². The first-order chi connectivity index (χ1) is 13.9. The molecule has 2 rings (SSSR count). The number of carbonyl (C=O) groups is 1. The molecule has 8 heteroatoms. The normalized spacial score (nSPS) is 16.5. The van der Waals surface area contributed by atoms with Crippen molar-refractivity contribution in [3.63, 3.8) is 0 Å². The summed E-state index contributed by atoms with van der Waals surface area (Å²) in [6.45, 7) is 5.75. The Labute approximate surface area is 177 Å². The van der Waals surface area contributed by atoms with Gasteiger partial charge in [-0.25, -0.2) is 4.79 Å². The lowest BCUT2D eigenvalue weighted by molar-refractivity contribution is -0.858. The summed E-state index contributed by atoms with van der Waals surface area (Å²) in [4.78, 5) is 16.1. The molecule has 0 unspecified atom stereocenters. The lowest BCUT2D eigenvalue weighted by Gasteiger charge is -2.37. The van der Waals surface area contributed by atoms with Crippen molar-refractivity contribution >= 4 is 23.3 Å². The fraction of sp³-hybridized carbons (Fsp3) is 0.476. The number of nitrogens with zero attached hydrogens (tertiary/aromatic N) is 2. The van der Waals surface area contributed by atoms with Gasteiger partial charge in [0.2, 0.25) is 0 Å². The van der Waals surface area contributed by atoms with Gasteiger partial charge in [-0.15, -0.1) is 0 Å². The van der Waals surface area contributed by atoms with Crippen molar-refractivity contribution in [2.24, 2.45) is 0 Å². The number of benzene rings is 1. The van der Waals surface area contributed by atoms with Crippen LogP contribution in [0.5, 0.6) is 5.75 Å². The molecule has 1 atom stereocenters. The van der Waals surface area contributed by atoms with Gasteiger partial charge in [0.05, 0.1) is 38.9 Å². The first-order valence-corrected chi connectivity index (χ1v) is 10.1. The fourth-order valence-corrected chi connectivity index (χ4v) is 3.58. The number of carbonyl (C=O) groups excluding carboxylic acids is 1. The Bertz CT molecular complexity index is 799. The highest BCUT2D eigenvalue weighted by Crippen LogP contribution is 2.32. The molecule has 0 saturated carbocycles. The van der Waals surface area contributed by atoms with Gasteiger partial charge in [0.15, 0.2) is 11.7 Å². The van der Waals surface area contributed by atoms with E-state index in [1.807, 2.05) is 30.0 Å². The highest BCUT2D eigenvalue weighted by atomic mass is 32.1. The van der Waals surface area contributed by atoms with Crippen LogP contribution in [0.4, 0.5) is 0 Å². The zero-order chi connectivity index (χ0) is 21.4. The Kier molecular flexibility index (Phi) is 8.43. The minimum absolute atomic E-state index is 0.0121. The van der Waals surface area contributed by atoms with Gasteiger partial charge in [0.1, 0.15) is 11.8 Å². The Hall–Kier alpha value is -2.63. The van der Waals surface area contributed by atoms with Crippen LogP contribution in [0.1, 0.15) is 31.9 Å². The molecule has 1 aliphatic rings. The Morgan fingerprint density at radius 3 is 2.62 bits per heavy atom. The van der Waals surface area contributed by atoms with Gasteiger partial charge < -0.3 is 24.6 Å². The van der Waals surface area contributed by atoms with Gasteiger partial charge in [-0.1, -0.05) is 12.1 Å². The van der Waals surface area contributed by atoms with E-state index >= 15 is 0 Å². The molecule has 1 aliphatic heterocycles. The van der Waals surface area contributed by atoms with Crippen LogP contribution in [-0.4, -0.2) is 56.4 Å². The highest BCUT2D eigenvalue weighted by Gasteiger charge is 2.34. The van der Waals surface area contributed by atoms with E-state index in [0.29, 0.717) is 23.0 Å². The van der Waals surface area contributed by atoms with E-state index in [1.165, 1.54) is 4.90 Å². The summed E-state index contributed by atoms with van der Waals surface area (Å²) in [7, 11) is 4.22. The van der Waals surface area contributed by atoms with Gasteiger partial charge >= 0.3 is 5.97 Å². The minimum atomic E-state index is -0.401. The van der Waals surface area contributed by atoms with Crippen LogP contribution in [0.3, 0.4) is 0 Å². The summed E-state index contributed by atoms with van der Waals surface area (Å²) >= 11 is 5.61. The molecular weight excluding hydrogens is 388 g/mol. The molecule has 156 valence electrons. The Morgan fingerprint density at radius 2 is 2.03 bits per heavy atom. The largest absolute Gasteiger partial charge is 0.479 e. The molecule has 0 fully saturated rings. The summed E-state index contributed by atoms with van der Waals surface area (Å²) in [5.74, 6) is 0.248. The van der Waals surface area contributed by atoms with E-state index in [2.05, 4.69) is 19.4 Å². The average Bonchev–Trinajstić information content (AvgIpc) is 2.68. The third kappa shape index (κ3) is 5.92. The van der Waals surface area contributed by atoms with Gasteiger partial charge in [-0.3, -0.25) is 0 Å². The number of quaternary nitrogens is 1. The molecule has 0 spiro atoms. The van der Waals surface area contributed by atoms with E-state index in [0.717, 1.165) is 30.8 Å². The smallest absolute Gasteiger partial charge is 0.338 e. The number of allylic oxidation sites excluding steroid dienone is 1. The second kappa shape index (κ2) is 10.8. The zero-order valence-corrected chi connectivity index (χ0v) is 18.3. The minimum Gasteiger partial charge on any atom is -0.479 e. The number of hydrogen-bond acceptors (Lipinski definition) is 5. The number of rotatable bonds is 9. The third-order valence-electron chi connectivity index (χ3n) is 4.67. The van der Waals surface area contributed by atoms with Crippen LogP contribution in [0.15, 0.2) is 35.5 Å². The van der Waals surface area contributed by atoms with E-state index < -0.39 is 6.04 Å². The van der Waals surface area contributed by atoms with Crippen molar-refractivity contribution in [1.29, 1.82) is 5.26 Å². The summed E-state index contributed by atoms with van der Waals surface area (Å²) < 4.78 is 10.6. The number of hydrogen-bond donors (Lipinski definition) is 2. The molecule has 29 heavy (non-hydrogen) atoms. The maximum atomic E-state index is 12.8. The SMILES string of the molecule is CCOC(=O)C1=C(C)N(CCC[NH+](C)C)C(=S)N[C@H]1c1ccc(OCC#N)cc1. The molecule has 0 aliphatic carbocycles. The van der Waals surface area contributed by atoms with Crippen LogP contribution in [0.25, 0.3) is 0 Å². The molecule has 0 bridgehead atoms. The second-order valence-electron chi connectivity index (χ2n) is 7.08. The van der Waals surface area contributed by atoms with Crippen LogP contribution in [0.2, 0.25) is 0 Å². The number of ether oxygens (including phenoxy) is 2. The molecule has 0 aromatic heterocycles. The molecule has 1 heterocycles. The first-order valence-electron chi connectivity index (χ1n) is 9.73. The number of thiocarbonyl (C=S) groups is 1. The quantitative estimate of drug-likeness (QED) is 0.462. The highest BCUT2D eigenvalue weighted by molar-refractivity contribution is 7.80. The predicted molar refractivity (Wildman–Crippen MR) is 114 cm³/mol. The van der Waals surface area contributed by atoms with Crippen LogP contribution >= 0.6 is 12.2 Å². The van der Waals surface area contributed by atoms with Gasteiger partial charge in [-0.05, 0) is 43.8 Å². The molecule has 2 N–H and O–H groups in total. The Balaban J connectivity index is 2.33. The van der Waals surface area contributed by atoms with Gasteiger partial charge in [0.25, 0.3) is 0 Å². The first kappa shape index (κ1) is 22.7. The summed E-state index contributed by atoms with van der Waals surface area (Å²) in [6.07, 6.45) is 0.952. The monoisotopic (exact) mass is 417 g/mol. The summed E-state index contributed by atoms with van der Waals surface area (Å²) in [5, 5.41) is 12.5. The maximum absolute atomic E-state index is 12.8. The van der Waals surface area contributed by atoms with Crippen LogP contribution < -0.4 is 15.0 Å². The lowest BCUT2D eigenvalue weighted by atomic mass is 9.95. The number of esters is 1. The molecule has 1 aromatic carbocycles. The predicted octanol–water partition coefficient (Wildman–Crippen LogP) is 1.19. The van der Waals surface area contributed by atoms with E-state index in [4.69, 9.17) is 27.0 Å². The Morgan fingerprint density at radius 1 is 1.34 bits per heavy atom. The zero-order valence-electron chi connectivity index (χ0n) is 17.4. The fourth-order valence-electron chi connectivity index (χ4n) is 3.24. The number of nitrogens with one attached hydrogen (secondary N) is 2. The van der Waals surface area contributed by atoms with Crippen molar-refractivity contribution in [2.45, 2.75) is 26.3 Å². The summed E-state index contributed by atoms with van der Waals surface area (Å²) in [5.41, 5.74) is 2.25. The van der Waals surface area contributed by atoms with Crippen molar-refractivity contribution in [2.75, 3.05) is 40.4 Å². The molecule has 0 amide bonds. The third-order valence-corrected chi connectivity index (χ3v) is 5.01. The van der Waals surface area contributed by atoms with E-state index in [1.54, 1.807) is 19.1 Å². The van der Waals surface area contributed by atoms with E-state index in [9.17, 15) is 4.79 Å². The van der Waals surface area contributed by atoms with Crippen molar-refractivity contribution in [1.82, 2.24) is 10.2 Å². The maximum Gasteiger partial charge on any atom is 0.338 e. The average molecular weight is 418 g/mol. The van der Waals surface area contributed by atoms with E-state index in [-0.39, 0.29) is 12.6 Å². The standard InChI is InChI=1S/C21H28N4O3S/c1-5-27-20(26)18-15(2)25(13-6-12-24(3)4)21(29)23-19(18)16-7-9-17(10-8-16)28-14-11-22/h7-10,19H,5-6,12-14H2,1-4H3,(H,23,29)/p+1/t19-/m0/s1. The van der Waals surface area contributed by atoms with Crippen molar-refractivity contribution in [3.8, 4) is 11.8 Å². The van der Waals surface area contributed by atoms with Crippen LogP contribution in [-0.2, 0) is 9.53 Å². The molecule has 0 saturated heterocycles. The van der Waals surface area contributed by atoms with Crippen molar-refractivity contribution < 1.29 is 19.2 Å². The lowest BCUT2D eigenvalue weighted by Crippen LogP contribution is -3.05. The second-order valence-corrected chi connectivity index (χ2v) is 7.47. The number of nitriles is 1. The van der Waals surface area contributed by atoms with Crippen LogP contribution in [0, 0.1) is 11.3 Å². The molecular formula is C21H29N4O3S+. The topological polar surface area (TPSA) is 79.0 Å². The molecule has 1 aromatic rings. The van der Waals surface area contributed by atoms with Crippen molar-refractivity contribution in [3.05, 3.63) is 41.1 Å².